The van der Waals surface area contributed by atoms with Crippen molar-refractivity contribution in [2.24, 2.45) is 0 Å². The van der Waals surface area contributed by atoms with Crippen molar-refractivity contribution >= 4 is 23.2 Å². The molecule has 6 nitrogen and oxygen atoms in total. The molecule has 1 saturated carbocycles. The first-order valence-electron chi connectivity index (χ1n) is 10.4. The van der Waals surface area contributed by atoms with Crippen LogP contribution in [0.25, 0.3) is 0 Å². The molecule has 0 aromatic heterocycles. The van der Waals surface area contributed by atoms with E-state index in [-0.39, 0.29) is 11.8 Å². The number of anilines is 2. The molecule has 160 valence electrons. The maximum absolute atomic E-state index is 12.6. The molecular weight excluding hydrogens is 378 g/mol. The van der Waals surface area contributed by atoms with Crippen molar-refractivity contribution in [3.05, 3.63) is 53.1 Å². The van der Waals surface area contributed by atoms with Gasteiger partial charge in [0.05, 0.1) is 19.3 Å². The standard InChI is InChI=1S/C24H31N3O3/c1-16-8-11-21(30-4)20(14-16)25-22(28)12-13-27(19-9-10-19)15-23(29)26-24-17(2)6-5-7-18(24)3/h5-8,11,14,19H,9-10,12-13,15H2,1-4H3,(H,25,28)(H,26,29). The molecule has 0 aliphatic heterocycles. The van der Waals surface area contributed by atoms with Gasteiger partial charge in [-0.2, -0.15) is 0 Å². The molecule has 2 aromatic carbocycles. The third-order valence-corrected chi connectivity index (χ3v) is 5.41. The molecular formula is C24H31N3O3. The molecule has 0 atom stereocenters. The van der Waals surface area contributed by atoms with E-state index in [2.05, 4.69) is 15.5 Å². The molecule has 30 heavy (non-hydrogen) atoms. The zero-order valence-corrected chi connectivity index (χ0v) is 18.2. The quantitative estimate of drug-likeness (QED) is 0.655. The number of ether oxygens (including phenoxy) is 1. The summed E-state index contributed by atoms with van der Waals surface area (Å²) in [6.07, 6.45) is 2.47. The Labute approximate surface area is 178 Å². The smallest absolute Gasteiger partial charge is 0.238 e. The van der Waals surface area contributed by atoms with Gasteiger partial charge < -0.3 is 15.4 Å². The topological polar surface area (TPSA) is 70.7 Å². The van der Waals surface area contributed by atoms with E-state index >= 15 is 0 Å². The highest BCUT2D eigenvalue weighted by atomic mass is 16.5. The number of hydrogen-bond donors (Lipinski definition) is 2. The van der Waals surface area contributed by atoms with Gasteiger partial charge in [0.2, 0.25) is 11.8 Å². The van der Waals surface area contributed by atoms with Gasteiger partial charge in [0.25, 0.3) is 0 Å². The highest BCUT2D eigenvalue weighted by Gasteiger charge is 2.30. The van der Waals surface area contributed by atoms with Crippen molar-refractivity contribution in [1.29, 1.82) is 0 Å². The molecule has 0 spiro atoms. The number of benzene rings is 2. The summed E-state index contributed by atoms with van der Waals surface area (Å²) in [5, 5.41) is 5.98. The number of nitrogens with one attached hydrogen (secondary N) is 2. The monoisotopic (exact) mass is 409 g/mol. The van der Waals surface area contributed by atoms with Crippen molar-refractivity contribution < 1.29 is 14.3 Å². The largest absolute Gasteiger partial charge is 0.495 e. The number of carbonyl (C=O) groups excluding carboxylic acids is 2. The minimum Gasteiger partial charge on any atom is -0.495 e. The lowest BCUT2D eigenvalue weighted by atomic mass is 10.1. The van der Waals surface area contributed by atoms with Crippen LogP contribution in [0, 0.1) is 20.8 Å². The molecule has 0 radical (unpaired) electrons. The normalized spacial score (nSPS) is 13.2. The molecule has 3 rings (SSSR count). The summed E-state index contributed by atoms with van der Waals surface area (Å²) in [5.41, 5.74) is 4.70. The van der Waals surface area contributed by atoms with Crippen molar-refractivity contribution in [2.45, 2.75) is 46.1 Å². The van der Waals surface area contributed by atoms with E-state index in [1.807, 2.05) is 57.2 Å². The van der Waals surface area contributed by atoms with Crippen LogP contribution >= 0.6 is 0 Å². The van der Waals surface area contributed by atoms with E-state index in [0.29, 0.717) is 37.0 Å². The predicted molar refractivity (Wildman–Crippen MR) is 120 cm³/mol. The zero-order valence-electron chi connectivity index (χ0n) is 18.2. The van der Waals surface area contributed by atoms with E-state index in [1.165, 1.54) is 0 Å². The Morgan fingerprint density at radius 2 is 1.73 bits per heavy atom. The van der Waals surface area contributed by atoms with E-state index in [0.717, 1.165) is 35.2 Å². The van der Waals surface area contributed by atoms with Gasteiger partial charge >= 0.3 is 0 Å². The van der Waals surface area contributed by atoms with Gasteiger partial charge in [-0.15, -0.1) is 0 Å². The van der Waals surface area contributed by atoms with Gasteiger partial charge in [0.15, 0.2) is 0 Å². The molecule has 1 fully saturated rings. The molecule has 6 heteroatoms. The van der Waals surface area contributed by atoms with Crippen LogP contribution in [-0.2, 0) is 9.59 Å². The fourth-order valence-electron chi connectivity index (χ4n) is 3.58. The number of methoxy groups -OCH3 is 1. The van der Waals surface area contributed by atoms with Crippen LogP contribution in [0.15, 0.2) is 36.4 Å². The summed E-state index contributed by atoms with van der Waals surface area (Å²) in [7, 11) is 1.59. The number of rotatable bonds is 9. The molecule has 1 aliphatic carbocycles. The Kier molecular flexibility index (Phi) is 7.11. The SMILES string of the molecule is COc1ccc(C)cc1NC(=O)CCN(CC(=O)Nc1c(C)cccc1C)C1CC1. The minimum absolute atomic E-state index is 0.0416. The van der Waals surface area contributed by atoms with Gasteiger partial charge in [0, 0.05) is 24.7 Å². The summed E-state index contributed by atoms with van der Waals surface area (Å²) in [6, 6.07) is 12.0. The maximum Gasteiger partial charge on any atom is 0.238 e. The van der Waals surface area contributed by atoms with Crippen molar-refractivity contribution in [3.63, 3.8) is 0 Å². The van der Waals surface area contributed by atoms with Crippen LogP contribution in [0.4, 0.5) is 11.4 Å². The van der Waals surface area contributed by atoms with Crippen LogP contribution in [0.3, 0.4) is 0 Å². The first-order valence-corrected chi connectivity index (χ1v) is 10.4. The van der Waals surface area contributed by atoms with Crippen molar-refractivity contribution in [2.75, 3.05) is 30.8 Å². The molecule has 2 amide bonds. The fraction of sp³-hybridized carbons (Fsp3) is 0.417. The van der Waals surface area contributed by atoms with E-state index in [4.69, 9.17) is 4.74 Å². The average molecular weight is 410 g/mol. The Morgan fingerprint density at radius 3 is 2.37 bits per heavy atom. The fourth-order valence-corrected chi connectivity index (χ4v) is 3.58. The second kappa shape index (κ2) is 9.76. The van der Waals surface area contributed by atoms with Gasteiger partial charge in [-0.3, -0.25) is 14.5 Å². The van der Waals surface area contributed by atoms with Gasteiger partial charge in [-0.1, -0.05) is 24.3 Å². The summed E-state index contributed by atoms with van der Waals surface area (Å²) in [5.74, 6) is 0.515. The van der Waals surface area contributed by atoms with E-state index in [9.17, 15) is 9.59 Å². The molecule has 0 unspecified atom stereocenters. The summed E-state index contributed by atoms with van der Waals surface area (Å²) in [6.45, 7) is 6.79. The first kappa shape index (κ1) is 21.8. The number of para-hydroxylation sites is 1. The highest BCUT2D eigenvalue weighted by molar-refractivity contribution is 5.94. The Bertz CT molecular complexity index is 902. The Hall–Kier alpha value is -2.86. The number of amides is 2. The Morgan fingerprint density at radius 1 is 1.03 bits per heavy atom. The Balaban J connectivity index is 1.55. The van der Waals surface area contributed by atoms with Crippen molar-refractivity contribution in [1.82, 2.24) is 4.90 Å². The van der Waals surface area contributed by atoms with Crippen LogP contribution in [0.1, 0.15) is 36.0 Å². The lowest BCUT2D eigenvalue weighted by molar-refractivity contribution is -0.119. The van der Waals surface area contributed by atoms with Crippen LogP contribution < -0.4 is 15.4 Å². The minimum atomic E-state index is -0.0836. The molecule has 0 saturated heterocycles. The average Bonchev–Trinajstić information content (AvgIpc) is 3.53. The van der Waals surface area contributed by atoms with Crippen molar-refractivity contribution in [3.8, 4) is 5.75 Å². The second-order valence-corrected chi connectivity index (χ2v) is 8.02. The van der Waals surface area contributed by atoms with E-state index in [1.54, 1.807) is 7.11 Å². The van der Waals surface area contributed by atoms with Crippen LogP contribution in [0.5, 0.6) is 5.75 Å². The third kappa shape index (κ3) is 5.83. The summed E-state index contributed by atoms with van der Waals surface area (Å²) < 4.78 is 5.33. The predicted octanol–water partition coefficient (Wildman–Crippen LogP) is 4.05. The lowest BCUT2D eigenvalue weighted by Gasteiger charge is -2.22. The van der Waals surface area contributed by atoms with Gasteiger partial charge in [-0.05, 0) is 62.4 Å². The maximum atomic E-state index is 12.6. The lowest BCUT2D eigenvalue weighted by Crippen LogP contribution is -2.37. The number of hydrogen-bond acceptors (Lipinski definition) is 4. The number of nitrogens with zero attached hydrogens (tertiary/aromatic N) is 1. The molecule has 2 aromatic rings. The number of carbonyl (C=O) groups is 2. The van der Waals surface area contributed by atoms with Crippen LogP contribution in [-0.4, -0.2) is 43.0 Å². The number of aryl methyl sites for hydroxylation is 3. The van der Waals surface area contributed by atoms with Gasteiger partial charge in [-0.25, -0.2) is 0 Å². The van der Waals surface area contributed by atoms with Gasteiger partial charge in [0.1, 0.15) is 5.75 Å². The summed E-state index contributed by atoms with van der Waals surface area (Å²) in [4.78, 5) is 27.3. The highest BCUT2D eigenvalue weighted by Crippen LogP contribution is 2.28. The zero-order chi connectivity index (χ0) is 21.7. The molecule has 2 N–H and O–H groups in total. The second-order valence-electron chi connectivity index (χ2n) is 8.02. The van der Waals surface area contributed by atoms with E-state index < -0.39 is 0 Å². The first-order chi connectivity index (χ1) is 14.4. The molecule has 0 bridgehead atoms. The molecule has 0 heterocycles. The molecule has 1 aliphatic rings. The third-order valence-electron chi connectivity index (χ3n) is 5.41. The summed E-state index contributed by atoms with van der Waals surface area (Å²) >= 11 is 0. The van der Waals surface area contributed by atoms with Crippen LogP contribution in [0.2, 0.25) is 0 Å².